The highest BCUT2D eigenvalue weighted by molar-refractivity contribution is 9.10. The molecule has 20 heavy (non-hydrogen) atoms. The van der Waals surface area contributed by atoms with Gasteiger partial charge in [-0.25, -0.2) is 0 Å². The number of halogens is 1. The molecule has 0 aliphatic heterocycles. The quantitative estimate of drug-likeness (QED) is 0.782. The zero-order valence-electron chi connectivity index (χ0n) is 11.8. The molecular formula is C15H17BrN2O2. The number of rotatable bonds is 5. The molecule has 0 fully saturated rings. The van der Waals surface area contributed by atoms with E-state index in [2.05, 4.69) is 21.0 Å². The molecule has 2 rings (SSSR count). The lowest BCUT2D eigenvalue weighted by Crippen LogP contribution is -2.15. The van der Waals surface area contributed by atoms with Gasteiger partial charge in [0, 0.05) is 16.9 Å². The number of methoxy groups -OCH3 is 1. The van der Waals surface area contributed by atoms with Gasteiger partial charge in [0.05, 0.1) is 13.3 Å². The van der Waals surface area contributed by atoms with Crippen LogP contribution in [-0.2, 0) is 6.42 Å². The summed E-state index contributed by atoms with van der Waals surface area (Å²) in [7, 11) is 1.55. The van der Waals surface area contributed by atoms with E-state index in [0.717, 1.165) is 10.0 Å². The fraction of sp³-hybridized carbons (Fsp3) is 0.333. The van der Waals surface area contributed by atoms with Gasteiger partial charge in [0.15, 0.2) is 11.5 Å². The third-order valence-electron chi connectivity index (χ3n) is 2.99. The topological polar surface area (TPSA) is 44.1 Å². The molecule has 1 aromatic heterocycles. The van der Waals surface area contributed by atoms with Gasteiger partial charge in [-0.15, -0.1) is 0 Å². The molecule has 5 heteroatoms. The summed E-state index contributed by atoms with van der Waals surface area (Å²) in [5.74, 6) is 0.532. The number of Topliss-reactive ketones (excluding diaryl/α,β-unsaturated/α-hetero) is 1. The summed E-state index contributed by atoms with van der Waals surface area (Å²) < 4.78 is 7.92. The van der Waals surface area contributed by atoms with Crippen molar-refractivity contribution in [3.8, 4) is 5.75 Å². The van der Waals surface area contributed by atoms with Gasteiger partial charge in [-0.05, 0) is 31.5 Å². The highest BCUT2D eigenvalue weighted by Crippen LogP contribution is 2.23. The summed E-state index contributed by atoms with van der Waals surface area (Å²) in [6.07, 6.45) is 1.92. The lowest BCUT2D eigenvalue weighted by Gasteiger charge is -2.11. The minimum Gasteiger partial charge on any atom is -0.493 e. The normalized spacial score (nSPS) is 10.8. The summed E-state index contributed by atoms with van der Waals surface area (Å²) in [5, 5.41) is 4.23. The molecule has 0 bridgehead atoms. The van der Waals surface area contributed by atoms with Crippen molar-refractivity contribution in [3.05, 3.63) is 46.2 Å². The maximum atomic E-state index is 12.5. The number of nitrogens with zero attached hydrogens (tertiary/aromatic N) is 2. The van der Waals surface area contributed by atoms with Gasteiger partial charge in [-0.3, -0.25) is 9.48 Å². The molecule has 1 aromatic carbocycles. The summed E-state index contributed by atoms with van der Waals surface area (Å²) in [4.78, 5) is 12.5. The van der Waals surface area contributed by atoms with Gasteiger partial charge in [0.1, 0.15) is 5.69 Å². The average molecular weight is 337 g/mol. The maximum absolute atomic E-state index is 12.5. The Kier molecular flexibility index (Phi) is 4.60. The predicted molar refractivity (Wildman–Crippen MR) is 81.3 cm³/mol. The van der Waals surface area contributed by atoms with E-state index in [9.17, 15) is 4.79 Å². The molecule has 4 nitrogen and oxygen atoms in total. The Morgan fingerprint density at radius 1 is 1.45 bits per heavy atom. The first-order valence-electron chi connectivity index (χ1n) is 6.42. The zero-order valence-corrected chi connectivity index (χ0v) is 13.3. The molecule has 0 spiro atoms. The van der Waals surface area contributed by atoms with Gasteiger partial charge >= 0.3 is 0 Å². The predicted octanol–water partition coefficient (Wildman–Crippen LogP) is 3.66. The molecule has 106 valence electrons. The molecular weight excluding hydrogens is 320 g/mol. The van der Waals surface area contributed by atoms with Crippen LogP contribution in [0.4, 0.5) is 0 Å². The Morgan fingerprint density at radius 3 is 2.80 bits per heavy atom. The van der Waals surface area contributed by atoms with Crippen LogP contribution >= 0.6 is 15.9 Å². The van der Waals surface area contributed by atoms with E-state index < -0.39 is 0 Å². The van der Waals surface area contributed by atoms with Crippen molar-refractivity contribution in [1.29, 1.82) is 0 Å². The van der Waals surface area contributed by atoms with Gasteiger partial charge in [0.25, 0.3) is 0 Å². The standard InChI is InChI=1S/C15H17BrN2O2/c1-10(2)18-15(14(20-3)9-17-18)13(19)8-11-5-4-6-12(16)7-11/h4-7,9-10H,8H2,1-3H3. The Labute approximate surface area is 126 Å². The first kappa shape index (κ1) is 14.8. The lowest BCUT2D eigenvalue weighted by molar-refractivity contribution is 0.0977. The molecule has 0 saturated heterocycles. The van der Waals surface area contributed by atoms with Gasteiger partial charge in [-0.1, -0.05) is 28.1 Å². The first-order valence-corrected chi connectivity index (χ1v) is 7.21. The minimum absolute atomic E-state index is 0.00569. The van der Waals surface area contributed by atoms with E-state index in [-0.39, 0.29) is 11.8 Å². The Hall–Kier alpha value is -1.62. The second kappa shape index (κ2) is 6.22. The first-order chi connectivity index (χ1) is 9.52. The summed E-state index contributed by atoms with van der Waals surface area (Å²) in [6.45, 7) is 3.98. The van der Waals surface area contributed by atoms with E-state index in [1.54, 1.807) is 18.0 Å². The molecule has 0 amide bonds. The van der Waals surface area contributed by atoms with E-state index >= 15 is 0 Å². The number of hydrogen-bond donors (Lipinski definition) is 0. The van der Waals surface area contributed by atoms with Crippen molar-refractivity contribution in [1.82, 2.24) is 9.78 Å². The Balaban J connectivity index is 2.31. The maximum Gasteiger partial charge on any atom is 0.189 e. The minimum atomic E-state index is 0.00569. The van der Waals surface area contributed by atoms with Gasteiger partial charge < -0.3 is 4.74 Å². The largest absolute Gasteiger partial charge is 0.493 e. The number of carbonyl (C=O) groups excluding carboxylic acids is 1. The number of ketones is 1. The van der Waals surface area contributed by atoms with Crippen LogP contribution in [-0.4, -0.2) is 22.7 Å². The molecule has 0 N–H and O–H groups in total. The molecule has 0 unspecified atom stereocenters. The van der Waals surface area contributed by atoms with Crippen LogP contribution in [0.2, 0.25) is 0 Å². The van der Waals surface area contributed by atoms with Crippen LogP contribution in [0.3, 0.4) is 0 Å². The molecule has 0 atom stereocenters. The second-order valence-electron chi connectivity index (χ2n) is 4.83. The smallest absolute Gasteiger partial charge is 0.189 e. The van der Waals surface area contributed by atoms with Crippen molar-refractivity contribution in [2.24, 2.45) is 0 Å². The van der Waals surface area contributed by atoms with Crippen molar-refractivity contribution < 1.29 is 9.53 Å². The van der Waals surface area contributed by atoms with Gasteiger partial charge in [-0.2, -0.15) is 5.10 Å². The number of carbonyl (C=O) groups is 1. The summed E-state index contributed by atoms with van der Waals surface area (Å²) in [6, 6.07) is 7.85. The van der Waals surface area contributed by atoms with Crippen LogP contribution in [0.5, 0.6) is 5.75 Å². The van der Waals surface area contributed by atoms with Crippen LogP contribution in [0.25, 0.3) is 0 Å². The fourth-order valence-corrected chi connectivity index (χ4v) is 2.52. The van der Waals surface area contributed by atoms with Crippen LogP contribution in [0, 0.1) is 0 Å². The van der Waals surface area contributed by atoms with Crippen molar-refractivity contribution in [2.75, 3.05) is 7.11 Å². The van der Waals surface area contributed by atoms with E-state index in [1.807, 2.05) is 38.1 Å². The monoisotopic (exact) mass is 336 g/mol. The average Bonchev–Trinajstić information content (AvgIpc) is 2.82. The molecule has 0 aliphatic carbocycles. The zero-order chi connectivity index (χ0) is 14.7. The number of hydrogen-bond acceptors (Lipinski definition) is 3. The van der Waals surface area contributed by atoms with E-state index in [0.29, 0.717) is 17.9 Å². The molecule has 2 aromatic rings. The van der Waals surface area contributed by atoms with E-state index in [1.165, 1.54) is 0 Å². The van der Waals surface area contributed by atoms with Crippen molar-refractivity contribution >= 4 is 21.7 Å². The third kappa shape index (κ3) is 3.10. The highest BCUT2D eigenvalue weighted by Gasteiger charge is 2.21. The number of benzene rings is 1. The second-order valence-corrected chi connectivity index (χ2v) is 5.75. The number of ether oxygens (including phenoxy) is 1. The SMILES string of the molecule is COc1cnn(C(C)C)c1C(=O)Cc1cccc(Br)c1. The fourth-order valence-electron chi connectivity index (χ4n) is 2.07. The third-order valence-corrected chi connectivity index (χ3v) is 3.48. The highest BCUT2D eigenvalue weighted by atomic mass is 79.9. The van der Waals surface area contributed by atoms with Crippen LogP contribution < -0.4 is 4.74 Å². The van der Waals surface area contributed by atoms with Crippen molar-refractivity contribution in [3.63, 3.8) is 0 Å². The summed E-state index contributed by atoms with van der Waals surface area (Å²) >= 11 is 3.41. The Bertz CT molecular complexity index is 620. The van der Waals surface area contributed by atoms with Crippen LogP contribution in [0.15, 0.2) is 34.9 Å². The van der Waals surface area contributed by atoms with E-state index in [4.69, 9.17) is 4.74 Å². The molecule has 0 aliphatic rings. The van der Waals surface area contributed by atoms with Crippen LogP contribution in [0.1, 0.15) is 35.9 Å². The molecule has 1 heterocycles. The lowest BCUT2D eigenvalue weighted by atomic mass is 10.1. The Morgan fingerprint density at radius 2 is 2.20 bits per heavy atom. The van der Waals surface area contributed by atoms with Gasteiger partial charge in [0.2, 0.25) is 0 Å². The molecule has 0 radical (unpaired) electrons. The summed E-state index contributed by atoms with van der Waals surface area (Å²) in [5.41, 5.74) is 1.49. The van der Waals surface area contributed by atoms with Crippen molar-refractivity contribution in [2.45, 2.75) is 26.3 Å². The molecule has 0 saturated carbocycles. The number of aromatic nitrogens is 2.